The third kappa shape index (κ3) is 3.55. The van der Waals surface area contributed by atoms with Crippen molar-refractivity contribution in [1.29, 1.82) is 0 Å². The highest BCUT2D eigenvalue weighted by Crippen LogP contribution is 2.33. The first-order valence-electron chi connectivity index (χ1n) is 7.00. The highest BCUT2D eigenvalue weighted by Gasteiger charge is 2.32. The molecular formula is C14H20F3N3. The van der Waals surface area contributed by atoms with Gasteiger partial charge in [0, 0.05) is 12.6 Å². The molecule has 0 radical (unpaired) electrons. The number of hydrogen-bond donors (Lipinski definition) is 2. The Hall–Kier alpha value is -1.46. The first kappa shape index (κ1) is 14.9. The Bertz CT molecular complexity index is 459. The van der Waals surface area contributed by atoms with Crippen molar-refractivity contribution in [2.75, 3.05) is 17.2 Å². The van der Waals surface area contributed by atoms with Gasteiger partial charge in [0.1, 0.15) is 11.6 Å². The molecule has 0 amide bonds. The maximum absolute atomic E-state index is 12.9. The molecule has 2 unspecified atom stereocenters. The van der Waals surface area contributed by atoms with Crippen molar-refractivity contribution in [3.63, 3.8) is 0 Å². The Balaban J connectivity index is 2.24. The van der Waals surface area contributed by atoms with Crippen molar-refractivity contribution < 1.29 is 13.2 Å². The predicted molar refractivity (Wildman–Crippen MR) is 73.8 cm³/mol. The molecule has 0 bridgehead atoms. The van der Waals surface area contributed by atoms with Gasteiger partial charge in [-0.25, -0.2) is 4.98 Å². The molecule has 0 aliphatic heterocycles. The van der Waals surface area contributed by atoms with Crippen LogP contribution in [0.3, 0.4) is 0 Å². The van der Waals surface area contributed by atoms with Crippen LogP contribution in [0.2, 0.25) is 0 Å². The summed E-state index contributed by atoms with van der Waals surface area (Å²) >= 11 is 0. The molecule has 6 heteroatoms. The summed E-state index contributed by atoms with van der Waals surface area (Å²) in [6.07, 6.45) is -1.16. The van der Waals surface area contributed by atoms with E-state index in [9.17, 15) is 13.2 Å². The van der Waals surface area contributed by atoms with Gasteiger partial charge < -0.3 is 10.6 Å². The van der Waals surface area contributed by atoms with Crippen LogP contribution in [-0.2, 0) is 6.18 Å². The van der Waals surface area contributed by atoms with E-state index in [1.54, 1.807) is 0 Å². The van der Waals surface area contributed by atoms with Crippen LogP contribution in [0, 0.1) is 5.92 Å². The van der Waals surface area contributed by atoms with E-state index in [-0.39, 0.29) is 11.9 Å². The molecule has 1 aromatic heterocycles. The zero-order valence-electron chi connectivity index (χ0n) is 11.7. The maximum atomic E-state index is 12.9. The van der Waals surface area contributed by atoms with Gasteiger partial charge >= 0.3 is 6.18 Å². The highest BCUT2D eigenvalue weighted by atomic mass is 19.4. The first-order chi connectivity index (χ1) is 9.40. The van der Waals surface area contributed by atoms with Gasteiger partial charge in [-0.3, -0.25) is 0 Å². The zero-order chi connectivity index (χ0) is 14.8. The van der Waals surface area contributed by atoms with E-state index in [0.717, 1.165) is 31.4 Å². The third-order valence-corrected chi connectivity index (χ3v) is 3.71. The Morgan fingerprint density at radius 1 is 1.25 bits per heavy atom. The summed E-state index contributed by atoms with van der Waals surface area (Å²) in [4.78, 5) is 4.21. The zero-order valence-corrected chi connectivity index (χ0v) is 11.7. The van der Waals surface area contributed by atoms with E-state index < -0.39 is 11.7 Å². The first-order valence-corrected chi connectivity index (χ1v) is 7.00. The standard InChI is InChI=1S/C14H20F3N3/c1-3-18-12-7-10(14(15,16)17)8-13(20-12)19-11-6-4-5-9(11)2/h7-9,11H,3-6H2,1-2H3,(H2,18,19,20). The molecule has 2 atom stereocenters. The van der Waals surface area contributed by atoms with Crippen LogP contribution in [0.1, 0.15) is 38.7 Å². The molecule has 2 rings (SSSR count). The van der Waals surface area contributed by atoms with Crippen LogP contribution in [0.25, 0.3) is 0 Å². The lowest BCUT2D eigenvalue weighted by atomic mass is 10.1. The van der Waals surface area contributed by atoms with Gasteiger partial charge in [-0.05, 0) is 37.8 Å². The molecule has 2 N–H and O–H groups in total. The molecule has 1 fully saturated rings. The van der Waals surface area contributed by atoms with Gasteiger partial charge in [-0.15, -0.1) is 0 Å². The van der Waals surface area contributed by atoms with Crippen LogP contribution in [-0.4, -0.2) is 17.6 Å². The van der Waals surface area contributed by atoms with Crippen molar-refractivity contribution in [2.45, 2.75) is 45.3 Å². The quantitative estimate of drug-likeness (QED) is 0.874. The van der Waals surface area contributed by atoms with Crippen LogP contribution in [0.5, 0.6) is 0 Å². The highest BCUT2D eigenvalue weighted by molar-refractivity contribution is 5.50. The van der Waals surface area contributed by atoms with Crippen molar-refractivity contribution >= 4 is 11.6 Å². The molecular weight excluding hydrogens is 267 g/mol. The van der Waals surface area contributed by atoms with E-state index >= 15 is 0 Å². The minimum atomic E-state index is -4.36. The number of anilines is 2. The van der Waals surface area contributed by atoms with E-state index in [4.69, 9.17) is 0 Å². The molecule has 0 aromatic carbocycles. The van der Waals surface area contributed by atoms with Gasteiger partial charge in [0.25, 0.3) is 0 Å². The summed E-state index contributed by atoms with van der Waals surface area (Å²) in [7, 11) is 0. The number of nitrogens with one attached hydrogen (secondary N) is 2. The molecule has 1 aliphatic carbocycles. The number of alkyl halides is 3. The number of pyridine rings is 1. The Morgan fingerprint density at radius 3 is 2.50 bits per heavy atom. The molecule has 0 spiro atoms. The van der Waals surface area contributed by atoms with Gasteiger partial charge in [-0.1, -0.05) is 13.3 Å². The van der Waals surface area contributed by atoms with Crippen molar-refractivity contribution in [3.8, 4) is 0 Å². The van der Waals surface area contributed by atoms with Gasteiger partial charge in [0.15, 0.2) is 0 Å². The monoisotopic (exact) mass is 287 g/mol. The van der Waals surface area contributed by atoms with Crippen LogP contribution in [0.15, 0.2) is 12.1 Å². The number of rotatable bonds is 4. The molecule has 112 valence electrons. The van der Waals surface area contributed by atoms with E-state index in [1.807, 2.05) is 6.92 Å². The number of hydrogen-bond acceptors (Lipinski definition) is 3. The maximum Gasteiger partial charge on any atom is 0.416 e. The minimum absolute atomic E-state index is 0.209. The van der Waals surface area contributed by atoms with Crippen molar-refractivity contribution in [2.24, 2.45) is 5.92 Å². The molecule has 1 aromatic rings. The summed E-state index contributed by atoms with van der Waals surface area (Å²) < 4.78 is 38.7. The lowest BCUT2D eigenvalue weighted by Gasteiger charge is -2.19. The predicted octanol–water partition coefficient (Wildman–Crippen LogP) is 4.13. The van der Waals surface area contributed by atoms with Gasteiger partial charge in [-0.2, -0.15) is 13.2 Å². The Labute approximate surface area is 117 Å². The summed E-state index contributed by atoms with van der Waals surface area (Å²) in [5.41, 5.74) is -0.670. The second-order valence-electron chi connectivity index (χ2n) is 5.31. The third-order valence-electron chi connectivity index (χ3n) is 3.71. The van der Waals surface area contributed by atoms with Crippen LogP contribution < -0.4 is 10.6 Å². The van der Waals surface area contributed by atoms with Crippen molar-refractivity contribution in [1.82, 2.24) is 4.98 Å². The van der Waals surface area contributed by atoms with Crippen LogP contribution >= 0.6 is 0 Å². The minimum Gasteiger partial charge on any atom is -0.370 e. The Morgan fingerprint density at radius 2 is 1.95 bits per heavy atom. The van der Waals surface area contributed by atoms with Crippen LogP contribution in [0.4, 0.5) is 24.8 Å². The fourth-order valence-corrected chi connectivity index (χ4v) is 2.59. The summed E-state index contributed by atoms with van der Waals surface area (Å²) in [6.45, 7) is 4.48. The number of aromatic nitrogens is 1. The molecule has 3 nitrogen and oxygen atoms in total. The topological polar surface area (TPSA) is 37.0 Å². The van der Waals surface area contributed by atoms with Gasteiger partial charge in [0.2, 0.25) is 0 Å². The normalized spacial score (nSPS) is 22.9. The fraction of sp³-hybridized carbons (Fsp3) is 0.643. The van der Waals surface area contributed by atoms with E-state index in [1.165, 1.54) is 0 Å². The summed E-state index contributed by atoms with van der Waals surface area (Å²) in [6, 6.07) is 2.35. The molecule has 1 heterocycles. The summed E-state index contributed by atoms with van der Waals surface area (Å²) in [5.74, 6) is 1.03. The molecule has 1 saturated carbocycles. The van der Waals surface area contributed by atoms with Crippen molar-refractivity contribution in [3.05, 3.63) is 17.7 Å². The SMILES string of the molecule is CCNc1cc(C(F)(F)F)cc(NC2CCCC2C)n1. The molecule has 1 aliphatic rings. The molecule has 20 heavy (non-hydrogen) atoms. The lowest BCUT2D eigenvalue weighted by molar-refractivity contribution is -0.137. The smallest absolute Gasteiger partial charge is 0.370 e. The summed E-state index contributed by atoms with van der Waals surface area (Å²) in [5, 5.41) is 6.00. The largest absolute Gasteiger partial charge is 0.416 e. The van der Waals surface area contributed by atoms with E-state index in [0.29, 0.717) is 18.3 Å². The fourth-order valence-electron chi connectivity index (χ4n) is 2.59. The van der Waals surface area contributed by atoms with E-state index in [2.05, 4.69) is 22.5 Å². The average molecular weight is 287 g/mol. The second-order valence-corrected chi connectivity index (χ2v) is 5.31. The Kier molecular flexibility index (Phi) is 4.40. The average Bonchev–Trinajstić information content (AvgIpc) is 2.74. The van der Waals surface area contributed by atoms with Gasteiger partial charge in [0.05, 0.1) is 5.56 Å². The number of halogens is 3. The molecule has 0 saturated heterocycles. The second kappa shape index (κ2) is 5.89. The lowest BCUT2D eigenvalue weighted by Crippen LogP contribution is -2.23. The number of nitrogens with zero attached hydrogens (tertiary/aromatic N) is 1.